The molecule has 0 aliphatic carbocycles. The molecule has 4 nitrogen and oxygen atoms in total. The molecule has 4 heteroatoms. The van der Waals surface area contributed by atoms with Gasteiger partial charge in [-0.25, -0.2) is 4.79 Å². The molecule has 1 N–H and O–H groups in total. The molecule has 1 aromatic heterocycles. The predicted octanol–water partition coefficient (Wildman–Crippen LogP) is 2.44. The van der Waals surface area contributed by atoms with Gasteiger partial charge in [-0.2, -0.15) is 0 Å². The van der Waals surface area contributed by atoms with Gasteiger partial charge >= 0.3 is 5.97 Å². The van der Waals surface area contributed by atoms with Gasteiger partial charge in [0.15, 0.2) is 6.10 Å². The summed E-state index contributed by atoms with van der Waals surface area (Å²) in [5, 5.41) is 10.2. The quantitative estimate of drug-likeness (QED) is 0.882. The smallest absolute Gasteiger partial charge is 0.334 e. The second-order valence-electron chi connectivity index (χ2n) is 4.31. The minimum Gasteiger partial charge on any atom is -0.479 e. The van der Waals surface area contributed by atoms with Crippen LogP contribution in [0.1, 0.15) is 12.5 Å². The first-order valence-electron chi connectivity index (χ1n) is 6.01. The van der Waals surface area contributed by atoms with Gasteiger partial charge in [0.05, 0.1) is 6.54 Å². The Bertz CT molecular complexity index is 559. The molecule has 0 aliphatic heterocycles. The minimum absolute atomic E-state index is 0.329. The summed E-state index contributed by atoms with van der Waals surface area (Å²) in [6.45, 7) is 4.55. The van der Waals surface area contributed by atoms with Crippen LogP contribution in [-0.2, 0) is 16.1 Å². The number of rotatable bonds is 5. The van der Waals surface area contributed by atoms with Crippen LogP contribution >= 0.6 is 0 Å². The first-order valence-corrected chi connectivity index (χ1v) is 6.01. The molecule has 18 heavy (non-hydrogen) atoms. The molecule has 1 atom stereocenters. The maximum absolute atomic E-state index is 11.1. The zero-order valence-electron chi connectivity index (χ0n) is 10.6. The van der Waals surface area contributed by atoms with E-state index in [9.17, 15) is 4.79 Å². The number of carboxylic acid groups (broad SMARTS) is 1. The lowest BCUT2D eigenvalue weighted by molar-refractivity contribution is -0.150. The number of nitrogens with zero attached hydrogens (tertiary/aromatic N) is 1. The summed E-state index contributed by atoms with van der Waals surface area (Å²) in [5.41, 5.74) is 2.20. The van der Waals surface area contributed by atoms with Crippen LogP contribution in [0.15, 0.2) is 30.5 Å². The Morgan fingerprint density at radius 2 is 2.22 bits per heavy atom. The van der Waals surface area contributed by atoms with E-state index in [1.54, 1.807) is 6.92 Å². The van der Waals surface area contributed by atoms with E-state index in [2.05, 4.69) is 6.07 Å². The maximum atomic E-state index is 11.1. The van der Waals surface area contributed by atoms with Gasteiger partial charge in [-0.15, -0.1) is 0 Å². The zero-order chi connectivity index (χ0) is 13.1. The number of fused-ring (bicyclic) bond motifs is 1. The average molecular weight is 247 g/mol. The average Bonchev–Trinajstić information content (AvgIpc) is 2.71. The van der Waals surface area contributed by atoms with E-state index in [1.165, 1.54) is 0 Å². The molecule has 96 valence electrons. The normalized spacial score (nSPS) is 12.8. The van der Waals surface area contributed by atoms with Gasteiger partial charge in [-0.1, -0.05) is 12.1 Å². The topological polar surface area (TPSA) is 51.5 Å². The van der Waals surface area contributed by atoms with Crippen molar-refractivity contribution in [1.29, 1.82) is 0 Å². The third-order valence-electron chi connectivity index (χ3n) is 2.94. The number of carbonyl (C=O) groups is 1. The number of benzene rings is 1. The summed E-state index contributed by atoms with van der Waals surface area (Å²) in [6, 6.07) is 8.13. The Morgan fingerprint density at radius 1 is 1.44 bits per heavy atom. The predicted molar refractivity (Wildman–Crippen MR) is 69.7 cm³/mol. The molecule has 0 aliphatic rings. The fourth-order valence-corrected chi connectivity index (χ4v) is 2.04. The number of ether oxygens (including phenoxy) is 1. The molecule has 0 saturated heterocycles. The van der Waals surface area contributed by atoms with Crippen molar-refractivity contribution in [2.45, 2.75) is 26.5 Å². The van der Waals surface area contributed by atoms with Crippen molar-refractivity contribution in [3.8, 4) is 0 Å². The van der Waals surface area contributed by atoms with Crippen molar-refractivity contribution >= 4 is 16.9 Å². The Kier molecular flexibility index (Phi) is 3.67. The van der Waals surface area contributed by atoms with Crippen LogP contribution < -0.4 is 0 Å². The van der Waals surface area contributed by atoms with Crippen LogP contribution in [0, 0.1) is 6.92 Å². The SMILES string of the molecule is CCOC(Cn1ccc2ccc(C)cc21)C(=O)O. The second kappa shape index (κ2) is 5.23. The van der Waals surface area contributed by atoms with Crippen LogP contribution in [0.3, 0.4) is 0 Å². The number of hydrogen-bond acceptors (Lipinski definition) is 2. The molecular formula is C14H17NO3. The fraction of sp³-hybridized carbons (Fsp3) is 0.357. The molecule has 0 bridgehead atoms. The number of aryl methyl sites for hydroxylation is 1. The third-order valence-corrected chi connectivity index (χ3v) is 2.94. The largest absolute Gasteiger partial charge is 0.479 e. The first-order chi connectivity index (χ1) is 8.61. The van der Waals surface area contributed by atoms with Crippen LogP contribution in [-0.4, -0.2) is 28.4 Å². The molecule has 1 aromatic carbocycles. The monoisotopic (exact) mass is 247 g/mol. The number of carboxylic acids is 1. The van der Waals surface area contributed by atoms with E-state index in [0.717, 1.165) is 16.5 Å². The second-order valence-corrected chi connectivity index (χ2v) is 4.31. The van der Waals surface area contributed by atoms with Crippen molar-refractivity contribution in [2.75, 3.05) is 6.61 Å². The van der Waals surface area contributed by atoms with Crippen molar-refractivity contribution in [3.63, 3.8) is 0 Å². The Hall–Kier alpha value is -1.81. The van der Waals surface area contributed by atoms with E-state index in [4.69, 9.17) is 9.84 Å². The Labute approximate surface area is 106 Å². The number of hydrogen-bond donors (Lipinski definition) is 1. The van der Waals surface area contributed by atoms with E-state index >= 15 is 0 Å². The molecular weight excluding hydrogens is 230 g/mol. The lowest BCUT2D eigenvalue weighted by Gasteiger charge is -2.14. The molecule has 2 rings (SSSR count). The van der Waals surface area contributed by atoms with Crippen molar-refractivity contribution in [2.24, 2.45) is 0 Å². The van der Waals surface area contributed by atoms with Crippen LogP contribution in [0.2, 0.25) is 0 Å². The minimum atomic E-state index is -0.925. The molecule has 0 amide bonds. The van der Waals surface area contributed by atoms with E-state index in [0.29, 0.717) is 13.2 Å². The Balaban J connectivity index is 2.30. The number of aliphatic carboxylic acids is 1. The number of aromatic nitrogens is 1. The third kappa shape index (κ3) is 2.54. The van der Waals surface area contributed by atoms with Crippen LogP contribution in [0.25, 0.3) is 10.9 Å². The molecule has 2 aromatic rings. The standard InChI is InChI=1S/C14H17NO3/c1-3-18-13(14(16)17)9-15-7-6-11-5-4-10(2)8-12(11)15/h4-8,13H,3,9H2,1-2H3,(H,16,17). The summed E-state index contributed by atoms with van der Waals surface area (Å²) in [4.78, 5) is 11.1. The van der Waals surface area contributed by atoms with E-state index in [-0.39, 0.29) is 0 Å². The van der Waals surface area contributed by atoms with Crippen LogP contribution in [0.4, 0.5) is 0 Å². The Morgan fingerprint density at radius 3 is 2.89 bits per heavy atom. The van der Waals surface area contributed by atoms with Crippen molar-refractivity contribution in [3.05, 3.63) is 36.0 Å². The van der Waals surface area contributed by atoms with Crippen molar-refractivity contribution in [1.82, 2.24) is 4.57 Å². The summed E-state index contributed by atoms with van der Waals surface area (Å²) in [7, 11) is 0. The molecule has 0 fully saturated rings. The zero-order valence-corrected chi connectivity index (χ0v) is 10.6. The highest BCUT2D eigenvalue weighted by Gasteiger charge is 2.18. The fourth-order valence-electron chi connectivity index (χ4n) is 2.04. The highest BCUT2D eigenvalue weighted by molar-refractivity contribution is 5.81. The molecule has 0 saturated carbocycles. The molecule has 1 unspecified atom stereocenters. The van der Waals surface area contributed by atoms with Gasteiger partial charge < -0.3 is 14.4 Å². The highest BCUT2D eigenvalue weighted by atomic mass is 16.5. The van der Waals surface area contributed by atoms with Gasteiger partial charge in [0, 0.05) is 18.3 Å². The lowest BCUT2D eigenvalue weighted by Crippen LogP contribution is -2.28. The molecule has 0 radical (unpaired) electrons. The summed E-state index contributed by atoms with van der Waals surface area (Å²) < 4.78 is 7.16. The van der Waals surface area contributed by atoms with Crippen LogP contribution in [0.5, 0.6) is 0 Å². The molecule has 0 spiro atoms. The van der Waals surface area contributed by atoms with Gasteiger partial charge in [0.1, 0.15) is 0 Å². The van der Waals surface area contributed by atoms with E-state index in [1.807, 2.05) is 35.9 Å². The van der Waals surface area contributed by atoms with Gasteiger partial charge in [0.25, 0.3) is 0 Å². The lowest BCUT2D eigenvalue weighted by atomic mass is 10.2. The van der Waals surface area contributed by atoms with E-state index < -0.39 is 12.1 Å². The summed E-state index contributed by atoms with van der Waals surface area (Å²) in [5.74, 6) is -0.925. The van der Waals surface area contributed by atoms with Gasteiger partial charge in [-0.05, 0) is 36.9 Å². The van der Waals surface area contributed by atoms with Gasteiger partial charge in [0.2, 0.25) is 0 Å². The first kappa shape index (κ1) is 12.6. The molecule has 1 heterocycles. The summed E-state index contributed by atoms with van der Waals surface area (Å²) in [6.07, 6.45) is 1.10. The maximum Gasteiger partial charge on any atom is 0.334 e. The summed E-state index contributed by atoms with van der Waals surface area (Å²) >= 11 is 0. The van der Waals surface area contributed by atoms with Gasteiger partial charge in [-0.3, -0.25) is 0 Å². The highest BCUT2D eigenvalue weighted by Crippen LogP contribution is 2.18. The van der Waals surface area contributed by atoms with Crippen molar-refractivity contribution < 1.29 is 14.6 Å².